The zero-order valence-electron chi connectivity index (χ0n) is 12.5. The van der Waals surface area contributed by atoms with Gasteiger partial charge in [0.1, 0.15) is 0 Å². The zero-order chi connectivity index (χ0) is 17.5. The van der Waals surface area contributed by atoms with Crippen LogP contribution in [-0.2, 0) is 10.0 Å². The summed E-state index contributed by atoms with van der Waals surface area (Å²) in [5.41, 5.74) is 0.990. The molecular formula is C15H13N3O5S. The summed E-state index contributed by atoms with van der Waals surface area (Å²) < 4.78 is 27.5. The van der Waals surface area contributed by atoms with Gasteiger partial charge in [0.2, 0.25) is 0 Å². The lowest BCUT2D eigenvalue weighted by atomic mass is 10.2. The number of nitrogens with one attached hydrogen (secondary N) is 3. The van der Waals surface area contributed by atoms with Gasteiger partial charge < -0.3 is 15.1 Å². The molecule has 3 aromatic rings. The van der Waals surface area contributed by atoms with Gasteiger partial charge in [0.15, 0.2) is 0 Å². The molecule has 8 nitrogen and oxygen atoms in total. The van der Waals surface area contributed by atoms with Gasteiger partial charge in [-0.3, -0.25) is 4.72 Å². The molecule has 2 aromatic carbocycles. The number of carbonyl (C=O) groups is 1. The van der Waals surface area contributed by atoms with E-state index in [-0.39, 0.29) is 16.1 Å². The van der Waals surface area contributed by atoms with E-state index in [1.165, 1.54) is 30.3 Å². The Kier molecular flexibility index (Phi) is 3.64. The Bertz CT molecular complexity index is 1110. The summed E-state index contributed by atoms with van der Waals surface area (Å²) in [6, 6.07) is 8.40. The molecule has 0 unspecified atom stereocenters. The minimum atomic E-state index is -3.95. The van der Waals surface area contributed by atoms with Crippen molar-refractivity contribution in [3.8, 4) is 0 Å². The summed E-state index contributed by atoms with van der Waals surface area (Å²) in [6.45, 7) is 1.60. The van der Waals surface area contributed by atoms with Gasteiger partial charge in [0.25, 0.3) is 10.0 Å². The molecule has 0 fully saturated rings. The summed E-state index contributed by atoms with van der Waals surface area (Å²) in [4.78, 5) is 27.4. The number of anilines is 1. The Morgan fingerprint density at radius 3 is 2.46 bits per heavy atom. The number of aromatic nitrogens is 2. The molecule has 1 aromatic heterocycles. The predicted octanol–water partition coefficient (Wildman–Crippen LogP) is 1.66. The number of benzene rings is 2. The van der Waals surface area contributed by atoms with Crippen LogP contribution in [0.2, 0.25) is 0 Å². The van der Waals surface area contributed by atoms with Crippen molar-refractivity contribution in [3.63, 3.8) is 0 Å². The third-order valence-corrected chi connectivity index (χ3v) is 4.99. The molecule has 0 amide bonds. The fraction of sp³-hybridized carbons (Fsp3) is 0.0667. The molecule has 0 atom stereocenters. The van der Waals surface area contributed by atoms with Crippen molar-refractivity contribution in [1.82, 2.24) is 9.97 Å². The Morgan fingerprint density at radius 2 is 1.79 bits per heavy atom. The molecule has 0 radical (unpaired) electrons. The maximum atomic E-state index is 12.6. The van der Waals surface area contributed by atoms with Gasteiger partial charge in [-0.2, -0.15) is 0 Å². The molecule has 0 aliphatic rings. The number of aromatic amines is 2. The number of aryl methyl sites for hydroxylation is 1. The van der Waals surface area contributed by atoms with Crippen molar-refractivity contribution in [3.05, 3.63) is 58.0 Å². The van der Waals surface area contributed by atoms with E-state index < -0.39 is 21.7 Å². The zero-order valence-corrected chi connectivity index (χ0v) is 13.3. The maximum Gasteiger partial charge on any atom is 0.335 e. The number of carboxylic acids is 1. The molecule has 9 heteroatoms. The minimum Gasteiger partial charge on any atom is -0.478 e. The molecule has 0 bridgehead atoms. The smallest absolute Gasteiger partial charge is 0.335 e. The molecule has 124 valence electrons. The second-order valence-corrected chi connectivity index (χ2v) is 6.88. The Morgan fingerprint density at radius 1 is 1.12 bits per heavy atom. The first-order valence-electron chi connectivity index (χ1n) is 6.85. The second kappa shape index (κ2) is 5.53. The number of fused-ring (bicyclic) bond motifs is 1. The van der Waals surface area contributed by atoms with Gasteiger partial charge in [0.05, 0.1) is 21.5 Å². The van der Waals surface area contributed by atoms with E-state index in [4.69, 9.17) is 5.11 Å². The maximum absolute atomic E-state index is 12.6. The lowest BCUT2D eigenvalue weighted by Gasteiger charge is -2.11. The van der Waals surface area contributed by atoms with Crippen molar-refractivity contribution in [1.29, 1.82) is 0 Å². The van der Waals surface area contributed by atoms with Crippen LogP contribution in [-0.4, -0.2) is 29.5 Å². The Labute approximate surface area is 136 Å². The van der Waals surface area contributed by atoms with Crippen LogP contribution >= 0.6 is 0 Å². The molecular weight excluding hydrogens is 334 g/mol. The van der Waals surface area contributed by atoms with E-state index in [0.717, 1.165) is 0 Å². The molecule has 0 aliphatic carbocycles. The highest BCUT2D eigenvalue weighted by Gasteiger charge is 2.19. The van der Waals surface area contributed by atoms with E-state index in [9.17, 15) is 18.0 Å². The first-order valence-corrected chi connectivity index (χ1v) is 8.33. The molecule has 4 N–H and O–H groups in total. The standard InChI is InChI=1S/C15H13N3O5S/c1-8-5-11-12(17-15(21)16-11)7-13(8)24(22,23)18-10-4-2-3-9(6-10)14(19)20/h2-7,18H,1H3,(H,19,20)(H2,16,17,21). The fourth-order valence-electron chi connectivity index (χ4n) is 2.39. The van der Waals surface area contributed by atoms with Gasteiger partial charge >= 0.3 is 11.7 Å². The first kappa shape index (κ1) is 15.8. The highest BCUT2D eigenvalue weighted by atomic mass is 32.2. The van der Waals surface area contributed by atoms with Gasteiger partial charge in [-0.05, 0) is 42.8 Å². The summed E-state index contributed by atoms with van der Waals surface area (Å²) in [5.74, 6) is -1.15. The van der Waals surface area contributed by atoms with E-state index >= 15 is 0 Å². The van der Waals surface area contributed by atoms with Crippen LogP contribution in [0.3, 0.4) is 0 Å². The van der Waals surface area contributed by atoms with Crippen LogP contribution < -0.4 is 10.4 Å². The van der Waals surface area contributed by atoms with Crippen LogP contribution in [0.5, 0.6) is 0 Å². The minimum absolute atomic E-state index is 0.00835. The lowest BCUT2D eigenvalue weighted by Crippen LogP contribution is -2.14. The molecule has 3 rings (SSSR count). The van der Waals surface area contributed by atoms with Gasteiger partial charge in [-0.25, -0.2) is 18.0 Å². The first-order chi connectivity index (χ1) is 11.3. The average Bonchev–Trinajstić information content (AvgIpc) is 2.85. The number of rotatable bonds is 4. The van der Waals surface area contributed by atoms with Crippen LogP contribution in [0.1, 0.15) is 15.9 Å². The van der Waals surface area contributed by atoms with Crippen molar-refractivity contribution in [2.24, 2.45) is 0 Å². The number of hydrogen-bond donors (Lipinski definition) is 4. The Balaban J connectivity index is 2.04. The predicted molar refractivity (Wildman–Crippen MR) is 87.9 cm³/mol. The average molecular weight is 347 g/mol. The molecule has 0 saturated carbocycles. The third-order valence-electron chi connectivity index (χ3n) is 3.46. The van der Waals surface area contributed by atoms with Gasteiger partial charge in [-0.15, -0.1) is 0 Å². The number of carboxylic acid groups (broad SMARTS) is 1. The van der Waals surface area contributed by atoms with E-state index in [1.807, 2.05) is 0 Å². The number of aromatic carboxylic acids is 1. The van der Waals surface area contributed by atoms with E-state index in [2.05, 4.69) is 14.7 Å². The van der Waals surface area contributed by atoms with E-state index in [0.29, 0.717) is 16.6 Å². The van der Waals surface area contributed by atoms with Gasteiger partial charge in [0, 0.05) is 5.69 Å². The molecule has 0 spiro atoms. The number of sulfonamides is 1. The van der Waals surface area contributed by atoms with E-state index in [1.54, 1.807) is 13.0 Å². The highest BCUT2D eigenvalue weighted by Crippen LogP contribution is 2.23. The van der Waals surface area contributed by atoms with Crippen molar-refractivity contribution in [2.75, 3.05) is 4.72 Å². The van der Waals surface area contributed by atoms with Crippen molar-refractivity contribution in [2.45, 2.75) is 11.8 Å². The van der Waals surface area contributed by atoms with Crippen molar-refractivity contribution >= 4 is 32.7 Å². The number of hydrogen-bond acceptors (Lipinski definition) is 4. The molecule has 0 aliphatic heterocycles. The summed E-state index contributed by atoms with van der Waals surface area (Å²) in [6.07, 6.45) is 0. The molecule has 1 heterocycles. The van der Waals surface area contributed by atoms with Gasteiger partial charge in [-0.1, -0.05) is 6.07 Å². The highest BCUT2D eigenvalue weighted by molar-refractivity contribution is 7.92. The molecule has 24 heavy (non-hydrogen) atoms. The lowest BCUT2D eigenvalue weighted by molar-refractivity contribution is 0.0697. The van der Waals surface area contributed by atoms with Crippen LogP contribution in [0, 0.1) is 6.92 Å². The fourth-order valence-corrected chi connectivity index (χ4v) is 3.69. The van der Waals surface area contributed by atoms with Crippen LogP contribution in [0.25, 0.3) is 11.0 Å². The Hall–Kier alpha value is -3.07. The summed E-state index contributed by atoms with van der Waals surface area (Å²) in [7, 11) is -3.95. The quantitative estimate of drug-likeness (QED) is 0.570. The molecule has 0 saturated heterocycles. The van der Waals surface area contributed by atoms with Crippen molar-refractivity contribution < 1.29 is 18.3 Å². The summed E-state index contributed by atoms with van der Waals surface area (Å²) >= 11 is 0. The summed E-state index contributed by atoms with van der Waals surface area (Å²) in [5, 5.41) is 8.98. The normalized spacial score (nSPS) is 11.5. The largest absolute Gasteiger partial charge is 0.478 e. The van der Waals surface area contributed by atoms with Crippen LogP contribution in [0.4, 0.5) is 5.69 Å². The number of H-pyrrole nitrogens is 2. The monoisotopic (exact) mass is 347 g/mol. The number of imidazole rings is 1. The van der Waals surface area contributed by atoms with Crippen LogP contribution in [0.15, 0.2) is 46.1 Å². The second-order valence-electron chi connectivity index (χ2n) is 5.23. The SMILES string of the molecule is Cc1cc2[nH]c(=O)[nH]c2cc1S(=O)(=O)Nc1cccc(C(=O)O)c1. The third kappa shape index (κ3) is 2.88. The topological polar surface area (TPSA) is 132 Å².